The first-order valence-corrected chi connectivity index (χ1v) is 8.59. The number of amides is 1. The summed E-state index contributed by atoms with van der Waals surface area (Å²) in [5.74, 6) is 1.20. The maximum Gasteiger partial charge on any atom is 0.237 e. The van der Waals surface area contributed by atoms with Crippen LogP contribution in [0.5, 0.6) is 11.5 Å². The number of benzene rings is 2. The van der Waals surface area contributed by atoms with E-state index < -0.39 is 0 Å². The summed E-state index contributed by atoms with van der Waals surface area (Å²) >= 11 is 1.55. The Morgan fingerprint density at radius 1 is 1.08 bits per heavy atom. The maximum atomic E-state index is 12.6. The van der Waals surface area contributed by atoms with Crippen molar-refractivity contribution in [2.24, 2.45) is 0 Å². The SMILES string of the molecule is COc1ccc(OC)c(NC(=O)C(C)Sc2cc(C)ccc2C)c1. The predicted molar refractivity (Wildman–Crippen MR) is 99.4 cm³/mol. The fourth-order valence-electron chi connectivity index (χ4n) is 2.22. The number of thioether (sulfide) groups is 1. The van der Waals surface area contributed by atoms with Crippen LogP contribution in [0.25, 0.3) is 0 Å². The molecule has 0 fully saturated rings. The zero-order valence-electron chi connectivity index (χ0n) is 14.7. The molecule has 128 valence electrons. The molecule has 0 aliphatic heterocycles. The number of hydrogen-bond acceptors (Lipinski definition) is 4. The minimum atomic E-state index is -0.235. The van der Waals surface area contributed by atoms with Gasteiger partial charge in [0.2, 0.25) is 5.91 Å². The van der Waals surface area contributed by atoms with Crippen molar-refractivity contribution < 1.29 is 14.3 Å². The first-order valence-electron chi connectivity index (χ1n) is 7.71. The van der Waals surface area contributed by atoms with Gasteiger partial charge in [-0.3, -0.25) is 4.79 Å². The summed E-state index contributed by atoms with van der Waals surface area (Å²) in [6.45, 7) is 6.00. The van der Waals surface area contributed by atoms with Gasteiger partial charge < -0.3 is 14.8 Å². The zero-order valence-corrected chi connectivity index (χ0v) is 15.5. The lowest BCUT2D eigenvalue weighted by molar-refractivity contribution is -0.115. The van der Waals surface area contributed by atoms with Crippen molar-refractivity contribution in [2.75, 3.05) is 19.5 Å². The molecule has 5 heteroatoms. The van der Waals surface area contributed by atoms with Gasteiger partial charge in [-0.2, -0.15) is 0 Å². The van der Waals surface area contributed by atoms with Gasteiger partial charge in [0, 0.05) is 11.0 Å². The van der Waals surface area contributed by atoms with Crippen molar-refractivity contribution in [3.8, 4) is 11.5 Å². The van der Waals surface area contributed by atoms with Gasteiger partial charge in [0.05, 0.1) is 25.2 Å². The lowest BCUT2D eigenvalue weighted by atomic mass is 10.2. The van der Waals surface area contributed by atoms with Crippen LogP contribution in [0.15, 0.2) is 41.3 Å². The Labute approximate surface area is 147 Å². The van der Waals surface area contributed by atoms with Crippen LogP contribution in [0, 0.1) is 13.8 Å². The van der Waals surface area contributed by atoms with Crippen molar-refractivity contribution in [3.63, 3.8) is 0 Å². The Bertz CT molecular complexity index is 731. The first-order chi connectivity index (χ1) is 11.4. The molecular weight excluding hydrogens is 322 g/mol. The molecule has 0 saturated heterocycles. The van der Waals surface area contributed by atoms with Crippen molar-refractivity contribution in [1.29, 1.82) is 0 Å². The maximum absolute atomic E-state index is 12.6. The number of anilines is 1. The van der Waals surface area contributed by atoms with Gasteiger partial charge in [0.1, 0.15) is 11.5 Å². The molecule has 0 spiro atoms. The van der Waals surface area contributed by atoms with Crippen LogP contribution in [-0.2, 0) is 4.79 Å². The number of carbonyl (C=O) groups is 1. The van der Waals surface area contributed by atoms with Crippen molar-refractivity contribution in [2.45, 2.75) is 30.9 Å². The molecule has 0 aliphatic carbocycles. The van der Waals surface area contributed by atoms with E-state index in [-0.39, 0.29) is 11.2 Å². The van der Waals surface area contributed by atoms with Crippen LogP contribution in [0.4, 0.5) is 5.69 Å². The summed E-state index contributed by atoms with van der Waals surface area (Å²) in [5.41, 5.74) is 2.96. The number of methoxy groups -OCH3 is 2. The fourth-order valence-corrected chi connectivity index (χ4v) is 3.28. The summed E-state index contributed by atoms with van der Waals surface area (Å²) in [6.07, 6.45) is 0. The molecule has 0 bridgehead atoms. The van der Waals surface area contributed by atoms with E-state index in [4.69, 9.17) is 9.47 Å². The average molecular weight is 345 g/mol. The number of ether oxygens (including phenoxy) is 2. The smallest absolute Gasteiger partial charge is 0.237 e. The van der Waals surface area contributed by atoms with Gasteiger partial charge in [0.25, 0.3) is 0 Å². The van der Waals surface area contributed by atoms with E-state index in [0.29, 0.717) is 17.2 Å². The highest BCUT2D eigenvalue weighted by Gasteiger charge is 2.17. The molecule has 0 heterocycles. The Balaban J connectivity index is 2.13. The van der Waals surface area contributed by atoms with E-state index in [0.717, 1.165) is 4.90 Å². The highest BCUT2D eigenvalue weighted by molar-refractivity contribution is 8.00. The molecule has 0 radical (unpaired) electrons. The largest absolute Gasteiger partial charge is 0.497 e. The van der Waals surface area contributed by atoms with Gasteiger partial charge in [0.15, 0.2) is 0 Å². The second-order valence-electron chi connectivity index (χ2n) is 5.58. The molecule has 2 aromatic carbocycles. The molecule has 0 saturated carbocycles. The molecule has 2 aromatic rings. The zero-order chi connectivity index (χ0) is 17.7. The summed E-state index contributed by atoms with van der Waals surface area (Å²) in [7, 11) is 3.16. The van der Waals surface area contributed by atoms with Gasteiger partial charge in [-0.1, -0.05) is 17.7 Å². The standard InChI is InChI=1S/C19H23NO3S/c1-12-6-7-13(2)18(10-12)24-14(3)19(21)20-16-11-15(22-4)8-9-17(16)23-5/h6-11,14H,1-5H3,(H,20,21). The lowest BCUT2D eigenvalue weighted by Crippen LogP contribution is -2.22. The minimum absolute atomic E-state index is 0.0764. The van der Waals surface area contributed by atoms with E-state index in [1.54, 1.807) is 44.2 Å². The topological polar surface area (TPSA) is 47.6 Å². The Morgan fingerprint density at radius 2 is 1.83 bits per heavy atom. The molecule has 4 nitrogen and oxygen atoms in total. The van der Waals surface area contributed by atoms with Crippen LogP contribution in [0.2, 0.25) is 0 Å². The first kappa shape index (κ1) is 18.2. The minimum Gasteiger partial charge on any atom is -0.497 e. The number of rotatable bonds is 6. The van der Waals surface area contributed by atoms with Crippen LogP contribution in [0.1, 0.15) is 18.1 Å². The molecule has 0 aliphatic rings. The quantitative estimate of drug-likeness (QED) is 0.786. The third kappa shape index (κ3) is 4.45. The number of aryl methyl sites for hydroxylation is 2. The molecule has 24 heavy (non-hydrogen) atoms. The Morgan fingerprint density at radius 3 is 2.50 bits per heavy atom. The average Bonchev–Trinajstić information content (AvgIpc) is 2.57. The van der Waals surface area contributed by atoms with E-state index in [2.05, 4.69) is 37.4 Å². The number of hydrogen-bond donors (Lipinski definition) is 1. The van der Waals surface area contributed by atoms with Crippen molar-refractivity contribution in [1.82, 2.24) is 0 Å². The van der Waals surface area contributed by atoms with Gasteiger partial charge >= 0.3 is 0 Å². The van der Waals surface area contributed by atoms with E-state index in [1.807, 2.05) is 6.92 Å². The molecule has 1 N–H and O–H groups in total. The molecule has 0 aromatic heterocycles. The lowest BCUT2D eigenvalue weighted by Gasteiger charge is -2.16. The van der Waals surface area contributed by atoms with Crippen LogP contribution >= 0.6 is 11.8 Å². The van der Waals surface area contributed by atoms with Crippen LogP contribution in [0.3, 0.4) is 0 Å². The summed E-state index contributed by atoms with van der Waals surface area (Å²) in [5, 5.41) is 2.69. The number of nitrogens with one attached hydrogen (secondary N) is 1. The second-order valence-corrected chi connectivity index (χ2v) is 6.97. The van der Waals surface area contributed by atoms with Crippen LogP contribution in [-0.4, -0.2) is 25.4 Å². The van der Waals surface area contributed by atoms with Crippen molar-refractivity contribution >= 4 is 23.4 Å². The monoisotopic (exact) mass is 345 g/mol. The van der Waals surface area contributed by atoms with E-state index in [9.17, 15) is 4.79 Å². The van der Waals surface area contributed by atoms with Crippen molar-refractivity contribution in [3.05, 3.63) is 47.5 Å². The molecular formula is C19H23NO3S. The van der Waals surface area contributed by atoms with E-state index >= 15 is 0 Å². The van der Waals surface area contributed by atoms with E-state index in [1.165, 1.54) is 11.1 Å². The molecule has 2 rings (SSSR count). The van der Waals surface area contributed by atoms with Gasteiger partial charge in [-0.05, 0) is 44.5 Å². The van der Waals surface area contributed by atoms with Crippen LogP contribution < -0.4 is 14.8 Å². The van der Waals surface area contributed by atoms with Gasteiger partial charge in [-0.15, -0.1) is 11.8 Å². The third-order valence-electron chi connectivity index (χ3n) is 3.68. The highest BCUT2D eigenvalue weighted by Crippen LogP contribution is 2.31. The second kappa shape index (κ2) is 8.11. The Hall–Kier alpha value is -2.14. The number of carbonyl (C=O) groups excluding carboxylic acids is 1. The normalized spacial score (nSPS) is 11.7. The highest BCUT2D eigenvalue weighted by atomic mass is 32.2. The third-order valence-corrected chi connectivity index (χ3v) is 4.94. The summed E-state index contributed by atoms with van der Waals surface area (Å²) < 4.78 is 10.5. The fraction of sp³-hybridized carbons (Fsp3) is 0.316. The Kier molecular flexibility index (Phi) is 6.15. The molecule has 1 atom stereocenters. The molecule has 1 amide bonds. The molecule has 1 unspecified atom stereocenters. The predicted octanol–water partition coefficient (Wildman–Crippen LogP) is 4.44. The summed E-state index contributed by atoms with van der Waals surface area (Å²) in [4.78, 5) is 13.7. The van der Waals surface area contributed by atoms with Gasteiger partial charge in [-0.25, -0.2) is 0 Å². The summed E-state index contributed by atoms with van der Waals surface area (Å²) in [6, 6.07) is 11.6.